The fourth-order valence-electron chi connectivity index (χ4n) is 3.78. The molecule has 0 aliphatic heterocycles. The lowest BCUT2D eigenvalue weighted by Crippen LogP contribution is -2.38. The first kappa shape index (κ1) is 19.2. The van der Waals surface area contributed by atoms with Crippen LogP contribution in [0.25, 0.3) is 0 Å². The molecule has 0 unspecified atom stereocenters. The van der Waals surface area contributed by atoms with Crippen molar-refractivity contribution in [2.75, 3.05) is 11.9 Å². The van der Waals surface area contributed by atoms with Crippen LogP contribution in [0.4, 0.5) is 5.69 Å². The average molecular weight is 364 g/mol. The molecule has 0 spiro atoms. The van der Waals surface area contributed by atoms with E-state index >= 15 is 0 Å². The Bertz CT molecular complexity index is 737. The molecule has 0 saturated heterocycles. The summed E-state index contributed by atoms with van der Waals surface area (Å²) in [4.78, 5) is 27.3. The Hall–Kier alpha value is -2.62. The maximum absolute atomic E-state index is 12.9. The van der Waals surface area contributed by atoms with Gasteiger partial charge in [-0.15, -0.1) is 0 Å². The van der Waals surface area contributed by atoms with Gasteiger partial charge in [-0.2, -0.15) is 0 Å². The molecule has 1 fully saturated rings. The van der Waals surface area contributed by atoms with E-state index in [-0.39, 0.29) is 23.7 Å². The van der Waals surface area contributed by atoms with Gasteiger partial charge in [-0.1, -0.05) is 48.5 Å². The number of carbonyl (C=O) groups is 2. The molecule has 0 bridgehead atoms. The molecular weight excluding hydrogens is 336 g/mol. The Morgan fingerprint density at radius 3 is 2.04 bits per heavy atom. The number of rotatable bonds is 6. The number of benzene rings is 2. The van der Waals surface area contributed by atoms with Crippen LogP contribution >= 0.6 is 0 Å². The van der Waals surface area contributed by atoms with Crippen molar-refractivity contribution in [3.63, 3.8) is 0 Å². The van der Waals surface area contributed by atoms with E-state index in [9.17, 15) is 9.59 Å². The number of carbonyl (C=O) groups excluding carboxylic acids is 2. The lowest BCUT2D eigenvalue weighted by atomic mass is 9.80. The van der Waals surface area contributed by atoms with E-state index in [2.05, 4.69) is 17.4 Å². The van der Waals surface area contributed by atoms with Gasteiger partial charge < -0.3 is 10.2 Å². The van der Waals surface area contributed by atoms with Gasteiger partial charge in [0.1, 0.15) is 0 Å². The highest BCUT2D eigenvalue weighted by molar-refractivity contribution is 5.92. The first-order valence-electron chi connectivity index (χ1n) is 9.86. The predicted octanol–water partition coefficient (Wildman–Crippen LogP) is 4.48. The molecule has 0 aromatic heterocycles. The summed E-state index contributed by atoms with van der Waals surface area (Å²) in [7, 11) is 0. The highest BCUT2D eigenvalue weighted by Crippen LogP contribution is 2.31. The van der Waals surface area contributed by atoms with Crippen LogP contribution in [0.1, 0.15) is 38.2 Å². The molecular formula is C23H28N2O2. The summed E-state index contributed by atoms with van der Waals surface area (Å²) in [6.07, 6.45) is 3.13. The number of hydrogen-bond acceptors (Lipinski definition) is 2. The first-order chi connectivity index (χ1) is 13.2. The van der Waals surface area contributed by atoms with Crippen LogP contribution in [0.3, 0.4) is 0 Å². The molecule has 2 aromatic rings. The minimum Gasteiger partial charge on any atom is -0.338 e. The summed E-state index contributed by atoms with van der Waals surface area (Å²) in [5.74, 6) is 0.333. The third kappa shape index (κ3) is 5.19. The van der Waals surface area contributed by atoms with Crippen molar-refractivity contribution < 1.29 is 9.59 Å². The molecule has 4 heteroatoms. The van der Waals surface area contributed by atoms with E-state index in [1.165, 1.54) is 0 Å². The van der Waals surface area contributed by atoms with Crippen molar-refractivity contribution in [1.82, 2.24) is 4.90 Å². The van der Waals surface area contributed by atoms with E-state index in [1.807, 2.05) is 60.4 Å². The summed E-state index contributed by atoms with van der Waals surface area (Å²) in [6.45, 7) is 3.40. The van der Waals surface area contributed by atoms with E-state index in [0.717, 1.165) is 36.9 Å². The average Bonchev–Trinajstić information content (AvgIpc) is 2.73. The van der Waals surface area contributed by atoms with Crippen molar-refractivity contribution >= 4 is 17.5 Å². The third-order valence-electron chi connectivity index (χ3n) is 5.40. The van der Waals surface area contributed by atoms with Crippen LogP contribution < -0.4 is 5.32 Å². The molecule has 142 valence electrons. The number of nitrogens with zero attached hydrogens (tertiary/aromatic N) is 1. The van der Waals surface area contributed by atoms with Gasteiger partial charge in [0.25, 0.3) is 0 Å². The monoisotopic (exact) mass is 364 g/mol. The summed E-state index contributed by atoms with van der Waals surface area (Å²) >= 11 is 0. The van der Waals surface area contributed by atoms with Crippen LogP contribution in [0.2, 0.25) is 0 Å². The quantitative estimate of drug-likeness (QED) is 0.821. The van der Waals surface area contributed by atoms with Gasteiger partial charge in [0.2, 0.25) is 11.8 Å². The summed E-state index contributed by atoms with van der Waals surface area (Å²) in [5.41, 5.74) is 1.99. The van der Waals surface area contributed by atoms with Crippen LogP contribution in [0.5, 0.6) is 0 Å². The maximum Gasteiger partial charge on any atom is 0.227 e. The molecule has 2 amide bonds. The van der Waals surface area contributed by atoms with Crippen molar-refractivity contribution in [2.24, 2.45) is 11.8 Å². The second-order valence-corrected chi connectivity index (χ2v) is 7.24. The Morgan fingerprint density at radius 2 is 1.44 bits per heavy atom. The smallest absolute Gasteiger partial charge is 0.227 e. The zero-order valence-electron chi connectivity index (χ0n) is 15.9. The van der Waals surface area contributed by atoms with Gasteiger partial charge in [-0.25, -0.2) is 0 Å². The van der Waals surface area contributed by atoms with Gasteiger partial charge in [0, 0.05) is 30.6 Å². The summed E-state index contributed by atoms with van der Waals surface area (Å²) < 4.78 is 0. The minimum atomic E-state index is -0.00143. The number of nitrogens with one attached hydrogen (secondary N) is 1. The second kappa shape index (κ2) is 9.36. The lowest BCUT2D eigenvalue weighted by molar-refractivity contribution is -0.138. The van der Waals surface area contributed by atoms with Crippen LogP contribution in [0, 0.1) is 11.8 Å². The van der Waals surface area contributed by atoms with E-state index in [1.54, 1.807) is 0 Å². The third-order valence-corrected chi connectivity index (χ3v) is 5.40. The number of amides is 2. The highest BCUT2D eigenvalue weighted by atomic mass is 16.2. The lowest BCUT2D eigenvalue weighted by Gasteiger charge is -2.31. The van der Waals surface area contributed by atoms with E-state index in [4.69, 9.17) is 0 Å². The first-order valence-corrected chi connectivity index (χ1v) is 9.86. The minimum absolute atomic E-state index is 0.00143. The fourth-order valence-corrected chi connectivity index (χ4v) is 3.78. The molecule has 1 aliphatic carbocycles. The van der Waals surface area contributed by atoms with Crippen molar-refractivity contribution in [3.05, 3.63) is 66.2 Å². The van der Waals surface area contributed by atoms with E-state index in [0.29, 0.717) is 13.1 Å². The SMILES string of the molecule is CCN(Cc1ccccc1)C(=O)C1CCC(C(=O)Nc2ccccc2)CC1. The summed E-state index contributed by atoms with van der Waals surface area (Å²) in [6, 6.07) is 19.7. The van der Waals surface area contributed by atoms with Crippen molar-refractivity contribution in [3.8, 4) is 0 Å². The van der Waals surface area contributed by atoms with E-state index < -0.39 is 0 Å². The molecule has 1 N–H and O–H groups in total. The van der Waals surface area contributed by atoms with Gasteiger partial charge in [0.05, 0.1) is 0 Å². The number of anilines is 1. The highest BCUT2D eigenvalue weighted by Gasteiger charge is 2.31. The Morgan fingerprint density at radius 1 is 0.889 bits per heavy atom. The van der Waals surface area contributed by atoms with Crippen molar-refractivity contribution in [1.29, 1.82) is 0 Å². The number of hydrogen-bond donors (Lipinski definition) is 1. The zero-order valence-corrected chi connectivity index (χ0v) is 15.9. The molecule has 0 atom stereocenters. The Balaban J connectivity index is 1.51. The van der Waals surface area contributed by atoms with Crippen LogP contribution in [-0.2, 0) is 16.1 Å². The van der Waals surface area contributed by atoms with Gasteiger partial charge in [-0.3, -0.25) is 9.59 Å². The molecule has 0 radical (unpaired) electrons. The standard InChI is InChI=1S/C23H28N2O2/c1-2-25(17-18-9-5-3-6-10-18)23(27)20-15-13-19(14-16-20)22(26)24-21-11-7-4-8-12-21/h3-12,19-20H,2,13-17H2,1H3,(H,24,26). The fraction of sp³-hybridized carbons (Fsp3) is 0.391. The van der Waals surface area contributed by atoms with Gasteiger partial charge in [0.15, 0.2) is 0 Å². The predicted molar refractivity (Wildman–Crippen MR) is 108 cm³/mol. The summed E-state index contributed by atoms with van der Waals surface area (Å²) in [5, 5.41) is 2.99. The van der Waals surface area contributed by atoms with Crippen molar-refractivity contribution in [2.45, 2.75) is 39.2 Å². The largest absolute Gasteiger partial charge is 0.338 e. The van der Waals surface area contributed by atoms with Crippen LogP contribution in [-0.4, -0.2) is 23.3 Å². The number of para-hydroxylation sites is 1. The normalized spacial score (nSPS) is 19.3. The molecule has 27 heavy (non-hydrogen) atoms. The molecule has 3 rings (SSSR count). The molecule has 2 aromatic carbocycles. The molecule has 0 heterocycles. The van der Waals surface area contributed by atoms with Crippen LogP contribution in [0.15, 0.2) is 60.7 Å². The molecule has 1 saturated carbocycles. The Kier molecular flexibility index (Phi) is 6.64. The second-order valence-electron chi connectivity index (χ2n) is 7.24. The van der Waals surface area contributed by atoms with Gasteiger partial charge in [-0.05, 0) is 50.3 Å². The van der Waals surface area contributed by atoms with Gasteiger partial charge >= 0.3 is 0 Å². The molecule has 4 nitrogen and oxygen atoms in total. The Labute approximate surface area is 161 Å². The molecule has 1 aliphatic rings. The topological polar surface area (TPSA) is 49.4 Å². The maximum atomic E-state index is 12.9. The zero-order chi connectivity index (χ0) is 19.1.